The van der Waals surface area contributed by atoms with Crippen LogP contribution >= 0.6 is 0 Å². The van der Waals surface area contributed by atoms with Gasteiger partial charge in [0.2, 0.25) is 0 Å². The molecule has 248 valence electrons. The number of rotatable bonds is 12. The minimum atomic E-state index is -4.94. The summed E-state index contributed by atoms with van der Waals surface area (Å²) in [5.74, 6) is 0.531. The van der Waals surface area contributed by atoms with E-state index in [1.165, 1.54) is 14.2 Å². The van der Waals surface area contributed by atoms with Crippen LogP contribution in [0.3, 0.4) is 0 Å². The molecule has 0 heterocycles. The van der Waals surface area contributed by atoms with Gasteiger partial charge in [-0.1, -0.05) is 35.8 Å². The Hall–Kier alpha value is -2.35. The van der Waals surface area contributed by atoms with Crippen LogP contribution in [0, 0.1) is 20.5 Å². The van der Waals surface area contributed by atoms with Gasteiger partial charge in [0.25, 0.3) is 0 Å². The zero-order valence-electron chi connectivity index (χ0n) is 23.9. The van der Waals surface area contributed by atoms with Crippen LogP contribution in [-0.2, 0) is 16.5 Å². The van der Waals surface area contributed by atoms with Crippen molar-refractivity contribution < 1.29 is 105 Å². The Morgan fingerprint density at radius 3 is 1.21 bits per heavy atom. The SMILES string of the molecule is C[NH2+]CCCN=Cc1cccc(OC)c1[O-].C[NH2+]CCCN=Cc1cccc(OC)c1[O-].[Ni+2].[O-][Cl+3]([O-])([O-])[O-].[O-][Cl+3]([O-])([O-])[O-]. The molecule has 0 saturated carbocycles. The molecular weight excluding hydrogens is 666 g/mol. The molecule has 16 nitrogen and oxygen atoms in total. The maximum absolute atomic E-state index is 11.7. The van der Waals surface area contributed by atoms with E-state index in [2.05, 4.69) is 20.6 Å². The van der Waals surface area contributed by atoms with Crippen molar-refractivity contribution >= 4 is 12.4 Å². The fraction of sp³-hybridized carbons (Fsp3) is 0.417. The normalized spacial score (nSPS) is 10.9. The molecule has 43 heavy (non-hydrogen) atoms. The van der Waals surface area contributed by atoms with Gasteiger partial charge in [-0.15, -0.1) is 20.5 Å². The topological polar surface area (TPSA) is 307 Å². The Balaban J connectivity index is -0.000000558. The van der Waals surface area contributed by atoms with Crippen molar-refractivity contribution in [2.75, 3.05) is 54.5 Å². The Bertz CT molecular complexity index is 949. The minimum absolute atomic E-state index is 0. The minimum Gasteiger partial charge on any atom is -0.870 e. The monoisotopic (exact) mass is 700 g/mol. The predicted molar refractivity (Wildman–Crippen MR) is 124 cm³/mol. The summed E-state index contributed by atoms with van der Waals surface area (Å²) < 4.78 is 77.8. The average molecular weight is 702 g/mol. The molecule has 2 aromatic rings. The smallest absolute Gasteiger partial charge is 0.870 e. The summed E-state index contributed by atoms with van der Waals surface area (Å²) in [6.07, 6.45) is 5.29. The van der Waals surface area contributed by atoms with E-state index in [0.717, 1.165) is 39.0 Å². The van der Waals surface area contributed by atoms with Gasteiger partial charge in [0.1, 0.15) is 11.5 Å². The van der Waals surface area contributed by atoms with E-state index >= 15 is 0 Å². The number of para-hydroxylation sites is 2. The average Bonchev–Trinajstić information content (AvgIpc) is 2.89. The molecule has 0 aromatic heterocycles. The van der Waals surface area contributed by atoms with Crippen LogP contribution in [0.25, 0.3) is 0 Å². The fourth-order valence-corrected chi connectivity index (χ4v) is 2.69. The van der Waals surface area contributed by atoms with Crippen molar-refractivity contribution in [3.8, 4) is 23.0 Å². The zero-order chi connectivity index (χ0) is 32.6. The first kappa shape index (κ1) is 45.1. The van der Waals surface area contributed by atoms with E-state index in [0.29, 0.717) is 22.6 Å². The summed E-state index contributed by atoms with van der Waals surface area (Å²) in [6, 6.07) is 10.4. The Morgan fingerprint density at radius 1 is 0.651 bits per heavy atom. The second kappa shape index (κ2) is 26.1. The first-order chi connectivity index (χ1) is 19.6. The van der Waals surface area contributed by atoms with Gasteiger partial charge in [-0.2, -0.15) is 0 Å². The molecule has 4 N–H and O–H groups in total. The number of nitrogens with zero attached hydrogens (tertiary/aromatic N) is 2. The van der Waals surface area contributed by atoms with Gasteiger partial charge in [0.15, 0.2) is 0 Å². The van der Waals surface area contributed by atoms with Crippen LogP contribution in [0.4, 0.5) is 0 Å². The molecule has 0 radical (unpaired) electrons. The van der Waals surface area contributed by atoms with Gasteiger partial charge in [0, 0.05) is 38.4 Å². The van der Waals surface area contributed by atoms with Crippen molar-refractivity contribution in [2.24, 2.45) is 9.98 Å². The molecule has 0 bridgehead atoms. The molecule has 0 aliphatic rings. The van der Waals surface area contributed by atoms with Crippen molar-refractivity contribution in [2.45, 2.75) is 12.8 Å². The van der Waals surface area contributed by atoms with Gasteiger partial charge in [-0.05, 0) is 23.3 Å². The second-order valence-electron chi connectivity index (χ2n) is 7.68. The molecule has 0 aliphatic heterocycles. The van der Waals surface area contributed by atoms with E-state index in [9.17, 15) is 10.2 Å². The van der Waals surface area contributed by atoms with Crippen LogP contribution in [-0.4, -0.2) is 66.9 Å². The first-order valence-electron chi connectivity index (χ1n) is 12.1. The largest absolute Gasteiger partial charge is 2.00 e. The standard InChI is InChI=1S/2C12H18N2O2.2ClHO4.Ni/c2*1-13-7-4-8-14-9-10-5-3-6-11(16-2)12(10)15;2*2-1(3,4)5;/h2*3,5-6,9,13,15H,4,7-8H2,1-2H3;2*(H,2,3,4,5);/q;;;;+2/p-2. The fourth-order valence-electron chi connectivity index (χ4n) is 2.69. The summed E-state index contributed by atoms with van der Waals surface area (Å²) in [4.78, 5) is 8.43. The molecule has 0 unspecified atom stereocenters. The van der Waals surface area contributed by atoms with Crippen molar-refractivity contribution in [3.63, 3.8) is 0 Å². The number of methoxy groups -OCH3 is 2. The Morgan fingerprint density at radius 2 is 0.953 bits per heavy atom. The molecule has 0 atom stereocenters. The number of aliphatic imine (C=N–C) groups is 2. The summed E-state index contributed by atoms with van der Waals surface area (Å²) in [5, 5.41) is 27.6. The number of benzene rings is 2. The first-order valence-corrected chi connectivity index (χ1v) is 14.5. The molecule has 0 amide bonds. The number of hydrogen-bond acceptors (Lipinski definition) is 14. The number of hydrogen-bond donors (Lipinski definition) is 2. The van der Waals surface area contributed by atoms with Crippen LogP contribution < -0.4 is 67.6 Å². The third-order valence-corrected chi connectivity index (χ3v) is 4.48. The zero-order valence-corrected chi connectivity index (χ0v) is 26.4. The van der Waals surface area contributed by atoms with Crippen LogP contribution in [0.15, 0.2) is 46.4 Å². The van der Waals surface area contributed by atoms with Gasteiger partial charge < -0.3 is 30.3 Å². The molecule has 2 rings (SSSR count). The quantitative estimate of drug-likeness (QED) is 0.118. The number of nitrogens with two attached hydrogens (primary N) is 2. The summed E-state index contributed by atoms with van der Waals surface area (Å²) in [6.45, 7) is 3.61. The number of ether oxygens (including phenoxy) is 2. The third kappa shape index (κ3) is 29.5. The van der Waals surface area contributed by atoms with E-state index in [-0.39, 0.29) is 28.0 Å². The Labute approximate surface area is 264 Å². The van der Waals surface area contributed by atoms with Crippen molar-refractivity contribution in [1.82, 2.24) is 0 Å². The van der Waals surface area contributed by atoms with E-state index in [4.69, 9.17) is 46.7 Å². The van der Waals surface area contributed by atoms with E-state index in [1.807, 2.05) is 14.1 Å². The van der Waals surface area contributed by atoms with Crippen LogP contribution in [0.2, 0.25) is 0 Å². The second-order valence-corrected chi connectivity index (χ2v) is 9.20. The maximum Gasteiger partial charge on any atom is 2.00 e. The van der Waals surface area contributed by atoms with Gasteiger partial charge in [-0.25, -0.2) is 37.3 Å². The molecule has 0 saturated heterocycles. The molecule has 2 aromatic carbocycles. The number of halogens is 2. The van der Waals surface area contributed by atoms with Crippen molar-refractivity contribution in [1.29, 1.82) is 0 Å². The summed E-state index contributed by atoms with van der Waals surface area (Å²) >= 11 is 0. The predicted octanol–water partition coefficient (Wildman–Crippen LogP) is -9.97. The van der Waals surface area contributed by atoms with Gasteiger partial charge >= 0.3 is 16.5 Å². The summed E-state index contributed by atoms with van der Waals surface area (Å²) in [7, 11) is -2.84. The molecule has 19 heteroatoms. The van der Waals surface area contributed by atoms with Gasteiger partial charge in [-0.3, -0.25) is 9.98 Å². The Kier molecular flexibility index (Phi) is 27.4. The maximum atomic E-state index is 11.7. The third-order valence-electron chi connectivity index (χ3n) is 4.48. The van der Waals surface area contributed by atoms with E-state index in [1.54, 1.807) is 48.8 Å². The molecule has 0 aliphatic carbocycles. The van der Waals surface area contributed by atoms with Gasteiger partial charge in [0.05, 0.1) is 41.4 Å². The molecular formula is C24H36Cl2N4NiO12. The van der Waals surface area contributed by atoms with Crippen molar-refractivity contribution in [3.05, 3.63) is 47.5 Å². The van der Waals surface area contributed by atoms with Crippen LogP contribution in [0.5, 0.6) is 23.0 Å². The van der Waals surface area contributed by atoms with E-state index < -0.39 is 20.5 Å². The molecule has 0 spiro atoms. The van der Waals surface area contributed by atoms with Crippen LogP contribution in [0.1, 0.15) is 24.0 Å². The number of quaternary nitrogens is 2. The molecule has 0 fully saturated rings. The summed E-state index contributed by atoms with van der Waals surface area (Å²) in [5.41, 5.74) is 1.17.